The fourth-order valence-electron chi connectivity index (χ4n) is 5.86. The molecule has 2 aliphatic heterocycles. The Hall–Kier alpha value is -2.30. The van der Waals surface area contributed by atoms with Gasteiger partial charge in [0.05, 0.1) is 6.04 Å². The molecule has 3 unspecified atom stereocenters. The Morgan fingerprint density at radius 1 is 1.20 bits per heavy atom. The topological polar surface area (TPSA) is 73.3 Å². The van der Waals surface area contributed by atoms with Crippen LogP contribution in [0.4, 0.5) is 4.79 Å². The molecule has 0 bridgehead atoms. The monoisotopic (exact) mass is 633 g/mol. The largest absolute Gasteiger partial charge is 0.445 e. The van der Waals surface area contributed by atoms with Crippen LogP contribution in [-0.2, 0) is 22.6 Å². The fraction of sp³-hybridized carbons (Fsp3) is 0.433. The smallest absolute Gasteiger partial charge is 0.410 e. The van der Waals surface area contributed by atoms with Crippen molar-refractivity contribution in [2.45, 2.75) is 45.1 Å². The normalized spacial score (nSPS) is 22.0. The molecule has 2 aromatic rings. The molecule has 3 aliphatic rings. The van der Waals surface area contributed by atoms with Gasteiger partial charge in [0, 0.05) is 35.9 Å². The van der Waals surface area contributed by atoms with E-state index in [4.69, 9.17) is 40.2 Å². The molecule has 2 amide bonds. The Kier molecular flexibility index (Phi) is 9.50. The summed E-state index contributed by atoms with van der Waals surface area (Å²) in [5.74, 6) is 0.749. The number of aliphatic hydroxyl groups is 1. The lowest BCUT2D eigenvalue weighted by Gasteiger charge is -2.31. The first-order valence-electron chi connectivity index (χ1n) is 13.7. The SMILES string of the molecule is CCC1Cc2ccc(C3=CCN(C(=O)CN4C(=S)SCC4O)CC3)cc2C1N(C)C(=O)OCc1cc(Cl)cc(Cl)c1. The van der Waals surface area contributed by atoms with Crippen LogP contribution in [0, 0.1) is 5.92 Å². The summed E-state index contributed by atoms with van der Waals surface area (Å²) < 4.78 is 6.22. The van der Waals surface area contributed by atoms with E-state index in [-0.39, 0.29) is 31.0 Å². The number of ether oxygens (including phenoxy) is 1. The zero-order valence-corrected chi connectivity index (χ0v) is 26.2. The average Bonchev–Trinajstić information content (AvgIpc) is 3.49. The standard InChI is InChI=1S/C30H33Cl2N3O4S2/c1-3-19-12-22-5-4-21(20-6-8-34(9-7-20)26(36)15-35-27(37)17-41-30(35)40)13-25(22)28(19)33(2)29(38)39-16-18-10-23(31)14-24(32)11-18/h4-6,10-11,13-14,19,27-28,37H,3,7-9,12,15-17H2,1-2H3. The van der Waals surface area contributed by atoms with Crippen molar-refractivity contribution in [3.8, 4) is 0 Å². The second kappa shape index (κ2) is 12.9. The number of thioether (sulfide) groups is 1. The third-order valence-corrected chi connectivity index (χ3v) is 10.1. The molecular formula is C30H33Cl2N3O4S2. The van der Waals surface area contributed by atoms with Crippen LogP contribution >= 0.6 is 47.2 Å². The lowest BCUT2D eigenvalue weighted by Crippen LogP contribution is -2.45. The van der Waals surface area contributed by atoms with Gasteiger partial charge in [-0.3, -0.25) is 4.79 Å². The van der Waals surface area contributed by atoms with E-state index < -0.39 is 12.3 Å². The molecule has 41 heavy (non-hydrogen) atoms. The summed E-state index contributed by atoms with van der Waals surface area (Å²) in [5, 5.41) is 11.1. The van der Waals surface area contributed by atoms with Gasteiger partial charge in [0.25, 0.3) is 0 Å². The minimum atomic E-state index is -0.704. The highest BCUT2D eigenvalue weighted by Gasteiger charge is 2.37. The Bertz CT molecular complexity index is 1370. The number of rotatable bonds is 7. The van der Waals surface area contributed by atoms with E-state index in [1.54, 1.807) is 35.0 Å². The van der Waals surface area contributed by atoms with Gasteiger partial charge in [-0.1, -0.05) is 78.7 Å². The summed E-state index contributed by atoms with van der Waals surface area (Å²) in [6, 6.07) is 11.6. The maximum Gasteiger partial charge on any atom is 0.410 e. The second-order valence-electron chi connectivity index (χ2n) is 10.7. The number of hydrogen-bond acceptors (Lipinski definition) is 6. The van der Waals surface area contributed by atoms with E-state index in [9.17, 15) is 14.7 Å². The van der Waals surface area contributed by atoms with Gasteiger partial charge in [-0.2, -0.15) is 0 Å². The molecule has 0 radical (unpaired) electrons. The maximum atomic E-state index is 13.2. The first-order chi connectivity index (χ1) is 19.6. The maximum absolute atomic E-state index is 13.2. The fourth-order valence-corrected chi connectivity index (χ4v) is 7.65. The van der Waals surface area contributed by atoms with Gasteiger partial charge in [0.15, 0.2) is 0 Å². The molecule has 2 heterocycles. The van der Waals surface area contributed by atoms with Crippen molar-refractivity contribution < 1.29 is 19.4 Å². The van der Waals surface area contributed by atoms with Gasteiger partial charge in [0.1, 0.15) is 23.7 Å². The van der Waals surface area contributed by atoms with E-state index in [1.165, 1.54) is 22.9 Å². The first-order valence-corrected chi connectivity index (χ1v) is 15.9. The Morgan fingerprint density at radius 3 is 2.59 bits per heavy atom. The van der Waals surface area contributed by atoms with Gasteiger partial charge in [-0.25, -0.2) is 4.79 Å². The van der Waals surface area contributed by atoms with Crippen molar-refractivity contribution in [1.82, 2.24) is 14.7 Å². The zero-order chi connectivity index (χ0) is 29.3. The number of benzene rings is 2. The lowest BCUT2D eigenvalue weighted by molar-refractivity contribution is -0.132. The molecule has 1 N–H and O–H groups in total. The van der Waals surface area contributed by atoms with Gasteiger partial charge in [-0.15, -0.1) is 0 Å². The van der Waals surface area contributed by atoms with Crippen LogP contribution in [0.25, 0.3) is 5.57 Å². The molecular weight excluding hydrogens is 601 g/mol. The molecule has 2 aromatic carbocycles. The molecule has 11 heteroatoms. The van der Waals surface area contributed by atoms with Crippen molar-refractivity contribution in [1.29, 1.82) is 0 Å². The van der Waals surface area contributed by atoms with Gasteiger partial charge in [-0.05, 0) is 70.9 Å². The molecule has 3 atom stereocenters. The van der Waals surface area contributed by atoms with Crippen molar-refractivity contribution >= 4 is 69.1 Å². The van der Waals surface area contributed by atoms with Crippen molar-refractivity contribution in [3.63, 3.8) is 0 Å². The predicted octanol–water partition coefficient (Wildman–Crippen LogP) is 6.15. The van der Waals surface area contributed by atoms with Gasteiger partial charge >= 0.3 is 6.09 Å². The summed E-state index contributed by atoms with van der Waals surface area (Å²) in [5.41, 5.74) is 5.43. The van der Waals surface area contributed by atoms with E-state index in [0.717, 1.165) is 36.0 Å². The van der Waals surface area contributed by atoms with Crippen LogP contribution in [0.5, 0.6) is 0 Å². The molecule has 1 saturated heterocycles. The minimum absolute atomic E-state index is 0.0378. The summed E-state index contributed by atoms with van der Waals surface area (Å²) >= 11 is 18.9. The van der Waals surface area contributed by atoms with E-state index in [1.807, 2.05) is 4.90 Å². The molecule has 0 spiro atoms. The highest BCUT2D eigenvalue weighted by atomic mass is 35.5. The summed E-state index contributed by atoms with van der Waals surface area (Å²) in [4.78, 5) is 31.2. The zero-order valence-electron chi connectivity index (χ0n) is 23.0. The van der Waals surface area contributed by atoms with Gasteiger partial charge < -0.3 is 24.5 Å². The number of carbonyl (C=O) groups excluding carboxylic acids is 2. The summed E-state index contributed by atoms with van der Waals surface area (Å²) in [6.07, 6.45) is 3.57. The third-order valence-electron chi connectivity index (χ3n) is 8.10. The van der Waals surface area contributed by atoms with Crippen LogP contribution in [0.2, 0.25) is 10.0 Å². The lowest BCUT2D eigenvalue weighted by atomic mass is 9.93. The Labute approximate surface area is 260 Å². The molecule has 218 valence electrons. The predicted molar refractivity (Wildman–Crippen MR) is 168 cm³/mol. The van der Waals surface area contributed by atoms with E-state index in [0.29, 0.717) is 33.2 Å². The number of hydrogen-bond donors (Lipinski definition) is 1. The van der Waals surface area contributed by atoms with E-state index >= 15 is 0 Å². The van der Waals surface area contributed by atoms with E-state index in [2.05, 4.69) is 31.2 Å². The van der Waals surface area contributed by atoms with Crippen LogP contribution < -0.4 is 0 Å². The first kappa shape index (κ1) is 30.2. The summed E-state index contributed by atoms with van der Waals surface area (Å²) in [7, 11) is 1.80. The molecule has 0 saturated carbocycles. The Morgan fingerprint density at radius 2 is 1.95 bits per heavy atom. The van der Waals surface area contributed by atoms with Crippen molar-refractivity contribution in [2.24, 2.45) is 5.92 Å². The van der Waals surface area contributed by atoms with Crippen molar-refractivity contribution in [2.75, 3.05) is 32.4 Å². The van der Waals surface area contributed by atoms with Crippen molar-refractivity contribution in [3.05, 3.63) is 74.8 Å². The number of fused-ring (bicyclic) bond motifs is 1. The molecule has 1 aliphatic carbocycles. The number of nitrogens with zero attached hydrogens (tertiary/aromatic N) is 3. The molecule has 5 rings (SSSR count). The van der Waals surface area contributed by atoms with Crippen LogP contribution in [-0.4, -0.2) is 74.8 Å². The summed E-state index contributed by atoms with van der Waals surface area (Å²) in [6.45, 7) is 3.45. The number of aliphatic hydroxyl groups excluding tert-OH is 1. The van der Waals surface area contributed by atoms with Crippen LogP contribution in [0.3, 0.4) is 0 Å². The second-order valence-corrected chi connectivity index (χ2v) is 13.2. The minimum Gasteiger partial charge on any atom is -0.445 e. The molecule has 0 aromatic heterocycles. The average molecular weight is 635 g/mol. The number of carbonyl (C=O) groups is 2. The van der Waals surface area contributed by atoms with Crippen LogP contribution in [0.15, 0.2) is 42.5 Å². The number of thiocarbonyl (C=S) groups is 1. The highest BCUT2D eigenvalue weighted by Crippen LogP contribution is 2.43. The van der Waals surface area contributed by atoms with Gasteiger partial charge in [0.2, 0.25) is 5.91 Å². The third kappa shape index (κ3) is 6.70. The number of amides is 2. The quantitative estimate of drug-likeness (QED) is 0.366. The Balaban J connectivity index is 1.26. The highest BCUT2D eigenvalue weighted by molar-refractivity contribution is 8.23. The van der Waals surface area contributed by atoms with Crippen LogP contribution in [0.1, 0.15) is 48.1 Å². The molecule has 7 nitrogen and oxygen atoms in total. The number of halogens is 2. The molecule has 1 fully saturated rings.